The molecule has 0 aliphatic heterocycles. The molecule has 0 aliphatic carbocycles. The molecular formula is C23H17F2NS. The van der Waals surface area contributed by atoms with E-state index in [1.807, 2.05) is 37.3 Å². The molecule has 27 heavy (non-hydrogen) atoms. The van der Waals surface area contributed by atoms with Crippen molar-refractivity contribution in [1.29, 1.82) is 0 Å². The molecule has 0 radical (unpaired) electrons. The number of nitrogens with zero attached hydrogens (tertiary/aromatic N) is 1. The van der Waals surface area contributed by atoms with Gasteiger partial charge in [-0.3, -0.25) is 0 Å². The number of rotatable bonds is 4. The van der Waals surface area contributed by atoms with Gasteiger partial charge < -0.3 is 0 Å². The Labute approximate surface area is 162 Å². The van der Waals surface area contributed by atoms with Gasteiger partial charge in [-0.1, -0.05) is 48.5 Å². The number of aliphatic imine (C=N–C) groups is 1. The molecule has 0 fully saturated rings. The van der Waals surface area contributed by atoms with Crippen LogP contribution in [0.5, 0.6) is 0 Å². The van der Waals surface area contributed by atoms with Crippen LogP contribution in [-0.2, 0) is 0 Å². The van der Waals surface area contributed by atoms with E-state index < -0.39 is 11.6 Å². The molecular weight excluding hydrogens is 360 g/mol. The Morgan fingerprint density at radius 1 is 0.926 bits per heavy atom. The van der Waals surface area contributed by atoms with E-state index in [-0.39, 0.29) is 5.69 Å². The Kier molecular flexibility index (Phi) is 5.41. The van der Waals surface area contributed by atoms with E-state index in [1.54, 1.807) is 19.1 Å². The van der Waals surface area contributed by atoms with E-state index in [0.717, 1.165) is 16.7 Å². The van der Waals surface area contributed by atoms with Crippen LogP contribution in [0.3, 0.4) is 0 Å². The first kappa shape index (κ1) is 18.8. The number of hydrogen-bond donors (Lipinski definition) is 0. The van der Waals surface area contributed by atoms with Gasteiger partial charge in [0.15, 0.2) is 5.82 Å². The van der Waals surface area contributed by atoms with E-state index in [1.165, 1.54) is 12.1 Å². The summed E-state index contributed by atoms with van der Waals surface area (Å²) in [6, 6.07) is 15.7. The summed E-state index contributed by atoms with van der Waals surface area (Å²) in [5.41, 5.74) is 4.70. The van der Waals surface area contributed by atoms with Crippen LogP contribution in [0.4, 0.5) is 14.5 Å². The molecule has 0 spiro atoms. The molecule has 0 saturated carbocycles. The Balaban J connectivity index is 2.10. The number of allylic oxidation sites excluding steroid dienone is 1. The van der Waals surface area contributed by atoms with Crippen LogP contribution in [0, 0.1) is 18.6 Å². The third kappa shape index (κ3) is 3.92. The lowest BCUT2D eigenvalue weighted by molar-refractivity contribution is 0.626. The zero-order chi connectivity index (χ0) is 19.6. The maximum atomic E-state index is 14.8. The SMILES string of the molecule is C=C(C)c1cc(-c2ccc(-c3ccc(C)cc3)cc2F)cc(F)c1N=C=S. The van der Waals surface area contributed by atoms with Crippen molar-refractivity contribution >= 4 is 28.6 Å². The second-order valence-corrected chi connectivity index (χ2v) is 6.58. The molecule has 3 aromatic carbocycles. The van der Waals surface area contributed by atoms with Crippen molar-refractivity contribution in [2.24, 2.45) is 4.99 Å². The predicted molar refractivity (Wildman–Crippen MR) is 111 cm³/mol. The molecule has 1 nitrogen and oxygen atoms in total. The minimum atomic E-state index is -0.593. The first-order valence-electron chi connectivity index (χ1n) is 8.35. The van der Waals surface area contributed by atoms with Crippen LogP contribution >= 0.6 is 12.2 Å². The summed E-state index contributed by atoms with van der Waals surface area (Å²) < 4.78 is 29.3. The number of benzene rings is 3. The van der Waals surface area contributed by atoms with Crippen molar-refractivity contribution in [3.63, 3.8) is 0 Å². The lowest BCUT2D eigenvalue weighted by atomic mass is 9.96. The highest BCUT2D eigenvalue weighted by Crippen LogP contribution is 2.35. The molecule has 3 rings (SSSR count). The van der Waals surface area contributed by atoms with Crippen molar-refractivity contribution in [1.82, 2.24) is 0 Å². The average molecular weight is 377 g/mol. The summed E-state index contributed by atoms with van der Waals surface area (Å²) in [6.45, 7) is 7.58. The van der Waals surface area contributed by atoms with Crippen LogP contribution in [0.25, 0.3) is 27.8 Å². The summed E-state index contributed by atoms with van der Waals surface area (Å²) in [5, 5.41) is 2.17. The van der Waals surface area contributed by atoms with Gasteiger partial charge in [0.2, 0.25) is 0 Å². The molecule has 0 aliphatic rings. The van der Waals surface area contributed by atoms with Crippen LogP contribution in [0.1, 0.15) is 18.1 Å². The number of thiocarbonyl (C=S) groups is 1. The highest BCUT2D eigenvalue weighted by atomic mass is 32.1. The number of halogens is 2. The third-order valence-corrected chi connectivity index (χ3v) is 4.44. The fraction of sp³-hybridized carbons (Fsp3) is 0.0870. The van der Waals surface area contributed by atoms with E-state index >= 15 is 0 Å². The maximum absolute atomic E-state index is 14.8. The minimum absolute atomic E-state index is 0.0675. The number of hydrogen-bond acceptors (Lipinski definition) is 2. The summed E-state index contributed by atoms with van der Waals surface area (Å²) in [6.07, 6.45) is 0. The molecule has 0 heterocycles. The molecule has 3 aromatic rings. The third-order valence-electron chi connectivity index (χ3n) is 4.35. The van der Waals surface area contributed by atoms with Gasteiger partial charge in [0, 0.05) is 11.1 Å². The molecule has 0 N–H and O–H groups in total. The Morgan fingerprint density at radius 2 is 1.56 bits per heavy atom. The van der Waals surface area contributed by atoms with Gasteiger partial charge in [0.05, 0.1) is 5.16 Å². The maximum Gasteiger partial charge on any atom is 0.150 e. The first-order chi connectivity index (χ1) is 12.9. The monoisotopic (exact) mass is 377 g/mol. The summed E-state index contributed by atoms with van der Waals surface area (Å²) in [5.74, 6) is -1.02. The van der Waals surface area contributed by atoms with Crippen molar-refractivity contribution in [3.05, 3.63) is 83.9 Å². The second kappa shape index (κ2) is 7.75. The van der Waals surface area contributed by atoms with Gasteiger partial charge in [0.1, 0.15) is 11.5 Å². The Bertz CT molecular complexity index is 1080. The Morgan fingerprint density at radius 3 is 2.15 bits per heavy atom. The van der Waals surface area contributed by atoms with Crippen molar-refractivity contribution in [2.75, 3.05) is 0 Å². The summed E-state index contributed by atoms with van der Waals surface area (Å²) in [4.78, 5) is 3.78. The van der Waals surface area contributed by atoms with Crippen LogP contribution in [0.15, 0.2) is 66.2 Å². The molecule has 0 unspecified atom stereocenters. The number of aryl methyl sites for hydroxylation is 1. The average Bonchev–Trinajstić information content (AvgIpc) is 2.63. The van der Waals surface area contributed by atoms with Crippen LogP contribution in [0.2, 0.25) is 0 Å². The smallest absolute Gasteiger partial charge is 0.150 e. The number of isothiocyanates is 1. The van der Waals surface area contributed by atoms with Gasteiger partial charge in [-0.25, -0.2) is 8.78 Å². The van der Waals surface area contributed by atoms with Gasteiger partial charge in [-0.2, -0.15) is 4.99 Å². The topological polar surface area (TPSA) is 12.4 Å². The Hall–Kier alpha value is -2.94. The van der Waals surface area contributed by atoms with E-state index in [0.29, 0.717) is 22.3 Å². The van der Waals surface area contributed by atoms with Crippen molar-refractivity contribution in [2.45, 2.75) is 13.8 Å². The van der Waals surface area contributed by atoms with Gasteiger partial charge in [-0.15, -0.1) is 0 Å². The molecule has 0 amide bonds. The normalized spacial score (nSPS) is 10.4. The highest BCUT2D eigenvalue weighted by Gasteiger charge is 2.15. The lowest BCUT2D eigenvalue weighted by Crippen LogP contribution is -1.92. The molecule has 0 aromatic heterocycles. The quantitative estimate of drug-likeness (QED) is 0.341. The van der Waals surface area contributed by atoms with Crippen LogP contribution < -0.4 is 0 Å². The molecule has 0 bridgehead atoms. The molecule has 0 saturated heterocycles. The highest BCUT2D eigenvalue weighted by molar-refractivity contribution is 7.78. The van der Waals surface area contributed by atoms with Crippen molar-refractivity contribution < 1.29 is 8.78 Å². The van der Waals surface area contributed by atoms with Crippen LogP contribution in [-0.4, -0.2) is 5.16 Å². The minimum Gasteiger partial charge on any atom is -0.206 e. The predicted octanol–water partition coefficient (Wildman–Crippen LogP) is 7.37. The molecule has 4 heteroatoms. The zero-order valence-corrected chi connectivity index (χ0v) is 15.8. The zero-order valence-electron chi connectivity index (χ0n) is 15.0. The van der Waals surface area contributed by atoms with Gasteiger partial charge >= 0.3 is 0 Å². The van der Waals surface area contributed by atoms with Crippen molar-refractivity contribution in [3.8, 4) is 22.3 Å². The lowest BCUT2D eigenvalue weighted by Gasteiger charge is -2.11. The summed E-state index contributed by atoms with van der Waals surface area (Å²) in [7, 11) is 0. The fourth-order valence-electron chi connectivity index (χ4n) is 2.91. The largest absolute Gasteiger partial charge is 0.206 e. The van der Waals surface area contributed by atoms with Gasteiger partial charge in [-0.05, 0) is 66.5 Å². The summed E-state index contributed by atoms with van der Waals surface area (Å²) >= 11 is 4.58. The molecule has 0 atom stereocenters. The molecule has 134 valence electrons. The standard InChI is InChI=1S/C23H17F2NS/c1-14(2)20-10-18(12-22(25)23(20)26-13-27)19-9-8-17(11-21(19)24)16-6-4-15(3)5-7-16/h4-12H,1H2,2-3H3. The second-order valence-electron chi connectivity index (χ2n) is 6.40. The van der Waals surface area contributed by atoms with Gasteiger partial charge in [0.25, 0.3) is 0 Å². The fourth-order valence-corrected chi connectivity index (χ4v) is 3.01. The van der Waals surface area contributed by atoms with E-state index in [2.05, 4.69) is 29.0 Å². The first-order valence-corrected chi connectivity index (χ1v) is 8.76. The van der Waals surface area contributed by atoms with E-state index in [9.17, 15) is 8.78 Å². The van der Waals surface area contributed by atoms with E-state index in [4.69, 9.17) is 0 Å².